The van der Waals surface area contributed by atoms with Gasteiger partial charge in [-0.2, -0.15) is 0 Å². The van der Waals surface area contributed by atoms with Gasteiger partial charge in [-0.1, -0.05) is 24.6 Å². The quantitative estimate of drug-likeness (QED) is 0.670. The van der Waals surface area contributed by atoms with Crippen molar-refractivity contribution in [2.75, 3.05) is 0 Å². The third-order valence-corrected chi connectivity index (χ3v) is 7.42. The number of fused-ring (bicyclic) bond motifs is 5. The monoisotopic (exact) mass is 328 g/mol. The predicted molar refractivity (Wildman–Crippen MR) is 91.0 cm³/mol. The lowest BCUT2D eigenvalue weighted by Crippen LogP contribution is -2.47. The maximum absolute atomic E-state index is 15.0. The molecular formula is C21H25FO2. The molecule has 0 aromatic rings. The first kappa shape index (κ1) is 16.0. The van der Waals surface area contributed by atoms with Gasteiger partial charge < -0.3 is 0 Å². The molecule has 0 aliphatic heterocycles. The number of allylic oxidation sites excluding steroid dienone is 6. The molecule has 0 heterocycles. The Kier molecular flexibility index (Phi) is 3.33. The second-order valence-corrected chi connectivity index (χ2v) is 8.56. The predicted octanol–water partition coefficient (Wildman–Crippen LogP) is 4.37. The summed E-state index contributed by atoms with van der Waals surface area (Å²) < 4.78 is 15.0. The van der Waals surface area contributed by atoms with Crippen LogP contribution in [-0.4, -0.2) is 17.7 Å². The Balaban J connectivity index is 1.79. The first-order valence-corrected chi connectivity index (χ1v) is 9.07. The summed E-state index contributed by atoms with van der Waals surface area (Å²) in [5, 5.41) is 0. The van der Waals surface area contributed by atoms with E-state index in [9.17, 15) is 14.0 Å². The molecule has 0 bridgehead atoms. The van der Waals surface area contributed by atoms with Crippen LogP contribution in [0.5, 0.6) is 0 Å². The Labute approximate surface area is 142 Å². The Morgan fingerprint density at radius 2 is 2.00 bits per heavy atom. The van der Waals surface area contributed by atoms with Crippen molar-refractivity contribution in [3.63, 3.8) is 0 Å². The number of carbonyl (C=O) groups is 2. The Morgan fingerprint density at radius 1 is 1.25 bits per heavy atom. The fourth-order valence-corrected chi connectivity index (χ4v) is 6.20. The summed E-state index contributed by atoms with van der Waals surface area (Å²) in [6.45, 7) is 5.98. The molecule has 6 atom stereocenters. The molecule has 2 saturated carbocycles. The normalized spacial score (nSPS) is 46.6. The average Bonchev–Trinajstić information content (AvgIpc) is 2.87. The molecule has 4 aliphatic rings. The summed E-state index contributed by atoms with van der Waals surface area (Å²) in [7, 11) is 0. The molecule has 1 unspecified atom stereocenters. The summed E-state index contributed by atoms with van der Waals surface area (Å²) in [6.07, 6.45) is 9.46. The van der Waals surface area contributed by atoms with Crippen LogP contribution >= 0.6 is 0 Å². The highest BCUT2D eigenvalue weighted by Gasteiger charge is 2.58. The van der Waals surface area contributed by atoms with E-state index >= 15 is 0 Å². The zero-order valence-corrected chi connectivity index (χ0v) is 14.6. The number of rotatable bonds is 1. The van der Waals surface area contributed by atoms with Crippen molar-refractivity contribution in [1.29, 1.82) is 0 Å². The lowest BCUT2D eigenvalue weighted by atomic mass is 9.51. The van der Waals surface area contributed by atoms with Gasteiger partial charge in [-0.15, -0.1) is 0 Å². The number of Topliss-reactive ketones (excluding diaryl/α,β-unsaturated/α-hetero) is 1. The van der Waals surface area contributed by atoms with Crippen LogP contribution in [0.2, 0.25) is 0 Å². The Hall–Kier alpha value is -1.51. The van der Waals surface area contributed by atoms with Crippen LogP contribution in [0.15, 0.2) is 35.5 Å². The summed E-state index contributed by atoms with van der Waals surface area (Å²) in [4.78, 5) is 23.8. The molecule has 0 aromatic carbocycles. The van der Waals surface area contributed by atoms with Crippen molar-refractivity contribution in [1.82, 2.24) is 0 Å². The van der Waals surface area contributed by atoms with Gasteiger partial charge in [-0.05, 0) is 74.5 Å². The van der Waals surface area contributed by atoms with E-state index in [2.05, 4.69) is 13.0 Å². The first-order valence-electron chi connectivity index (χ1n) is 9.07. The highest BCUT2D eigenvalue weighted by Crippen LogP contribution is 2.64. The molecule has 2 nitrogen and oxygen atoms in total. The molecule has 0 spiro atoms. The minimum absolute atomic E-state index is 0.0362. The van der Waals surface area contributed by atoms with Crippen molar-refractivity contribution in [2.45, 2.75) is 52.6 Å². The molecule has 4 rings (SSSR count). The van der Waals surface area contributed by atoms with Gasteiger partial charge in [0, 0.05) is 11.3 Å². The summed E-state index contributed by atoms with van der Waals surface area (Å²) in [5.41, 5.74) is 1.40. The largest absolute Gasteiger partial charge is 0.300 e. The number of ketones is 2. The molecule has 0 aromatic heterocycles. The lowest BCUT2D eigenvalue weighted by molar-refractivity contribution is -0.124. The molecule has 2 fully saturated rings. The molecular weight excluding hydrogens is 303 g/mol. The molecule has 4 aliphatic carbocycles. The van der Waals surface area contributed by atoms with Crippen molar-refractivity contribution in [2.24, 2.45) is 28.6 Å². The molecule has 3 heteroatoms. The molecule has 0 amide bonds. The average molecular weight is 328 g/mol. The van der Waals surface area contributed by atoms with Gasteiger partial charge in [0.15, 0.2) is 5.78 Å². The van der Waals surface area contributed by atoms with Gasteiger partial charge in [0.2, 0.25) is 0 Å². The van der Waals surface area contributed by atoms with E-state index in [0.717, 1.165) is 19.3 Å². The van der Waals surface area contributed by atoms with E-state index in [0.29, 0.717) is 17.9 Å². The van der Waals surface area contributed by atoms with Gasteiger partial charge in [-0.3, -0.25) is 9.59 Å². The zero-order chi connectivity index (χ0) is 17.3. The van der Waals surface area contributed by atoms with Crippen molar-refractivity contribution in [3.8, 4) is 0 Å². The third kappa shape index (κ3) is 1.93. The summed E-state index contributed by atoms with van der Waals surface area (Å²) in [6, 6.07) is 0. The van der Waals surface area contributed by atoms with E-state index < -0.39 is 11.6 Å². The van der Waals surface area contributed by atoms with Gasteiger partial charge in [0.25, 0.3) is 0 Å². The Morgan fingerprint density at radius 3 is 2.71 bits per heavy atom. The van der Waals surface area contributed by atoms with E-state index in [-0.39, 0.29) is 28.8 Å². The van der Waals surface area contributed by atoms with Crippen LogP contribution in [0.1, 0.15) is 46.5 Å². The second kappa shape index (κ2) is 5.00. The maximum atomic E-state index is 15.0. The Bertz CT molecular complexity index is 715. The van der Waals surface area contributed by atoms with Crippen molar-refractivity contribution in [3.05, 3.63) is 35.5 Å². The smallest absolute Gasteiger partial charge is 0.178 e. The van der Waals surface area contributed by atoms with E-state index in [1.807, 2.05) is 13.0 Å². The number of alkyl halides is 1. The van der Waals surface area contributed by atoms with Crippen LogP contribution in [0.4, 0.5) is 4.39 Å². The highest BCUT2D eigenvalue weighted by molar-refractivity contribution is 6.01. The van der Waals surface area contributed by atoms with Crippen LogP contribution in [-0.2, 0) is 9.59 Å². The molecule has 0 saturated heterocycles. The lowest BCUT2D eigenvalue weighted by Gasteiger charge is -2.52. The molecule has 24 heavy (non-hydrogen) atoms. The fraction of sp³-hybridized carbons (Fsp3) is 0.619. The van der Waals surface area contributed by atoms with Crippen molar-refractivity contribution >= 4 is 11.6 Å². The molecule has 0 radical (unpaired) electrons. The van der Waals surface area contributed by atoms with Gasteiger partial charge in [0.05, 0.1) is 0 Å². The minimum Gasteiger partial charge on any atom is -0.300 e. The van der Waals surface area contributed by atoms with Gasteiger partial charge in [0.1, 0.15) is 12.0 Å². The standard InChI is InChI=1S/C21H25FO2/c1-12(23)15-4-5-16-14-11-19(22)18-10-13(24)6-8-21(18,3)17(14)7-9-20(15,16)2/h6-8,10,14-16,19H,4-5,9,11H2,1-3H3/t14-,15+,16-,19?,20+,21+/m0/s1. The van der Waals surface area contributed by atoms with E-state index in [1.54, 1.807) is 13.0 Å². The number of hydrogen-bond acceptors (Lipinski definition) is 2. The third-order valence-electron chi connectivity index (χ3n) is 7.42. The molecule has 128 valence electrons. The number of halogens is 1. The summed E-state index contributed by atoms with van der Waals surface area (Å²) in [5.74, 6) is 0.825. The van der Waals surface area contributed by atoms with Crippen LogP contribution < -0.4 is 0 Å². The topological polar surface area (TPSA) is 34.1 Å². The van der Waals surface area contributed by atoms with E-state index in [4.69, 9.17) is 0 Å². The molecule has 0 N–H and O–H groups in total. The van der Waals surface area contributed by atoms with Gasteiger partial charge in [-0.25, -0.2) is 4.39 Å². The number of carbonyl (C=O) groups excluding carboxylic acids is 2. The number of hydrogen-bond donors (Lipinski definition) is 0. The SMILES string of the molecule is CC(=O)[C@H]1CC[C@H]2[C@@H]3CC(F)C4=CC(=O)C=C[C@]4(C)C3=CC[C@]12C. The first-order chi connectivity index (χ1) is 11.3. The summed E-state index contributed by atoms with van der Waals surface area (Å²) >= 11 is 0. The second-order valence-electron chi connectivity index (χ2n) is 8.56. The van der Waals surface area contributed by atoms with Gasteiger partial charge >= 0.3 is 0 Å². The van der Waals surface area contributed by atoms with Crippen LogP contribution in [0.25, 0.3) is 0 Å². The van der Waals surface area contributed by atoms with E-state index in [1.165, 1.54) is 11.6 Å². The van der Waals surface area contributed by atoms with Crippen LogP contribution in [0.3, 0.4) is 0 Å². The van der Waals surface area contributed by atoms with Crippen LogP contribution in [0, 0.1) is 28.6 Å². The zero-order valence-electron chi connectivity index (χ0n) is 14.6. The maximum Gasteiger partial charge on any atom is 0.178 e. The minimum atomic E-state index is -1.07. The van der Waals surface area contributed by atoms with Crippen molar-refractivity contribution < 1.29 is 14.0 Å². The fourth-order valence-electron chi connectivity index (χ4n) is 6.20. The highest BCUT2D eigenvalue weighted by atomic mass is 19.1.